The second kappa shape index (κ2) is 9.05. The second-order valence-corrected chi connectivity index (χ2v) is 6.59. The third-order valence-electron chi connectivity index (χ3n) is 4.36. The minimum Gasteiger partial charge on any atom is -0.389 e. The normalized spacial score (nSPS) is 22.1. The lowest BCUT2D eigenvalue weighted by Gasteiger charge is -2.21. The van der Waals surface area contributed by atoms with Gasteiger partial charge in [-0.05, 0) is 17.7 Å². The number of aliphatic hydroxyl groups is 1. The van der Waals surface area contributed by atoms with Gasteiger partial charge in [0.2, 0.25) is 5.91 Å². The van der Waals surface area contributed by atoms with Crippen LogP contribution in [0.15, 0.2) is 30.5 Å². The standard InChI is InChI=1S/C18H25N5O4/c1-12(24)20-14-5-3-13(4-6-14)7-19-18-16(25)11-27-17(18)9-23-8-15(10-26-2)21-22-23/h3-6,8,16-19,25H,7,9-11H2,1-2H3,(H,20,24)/t16-,17+,18+/m0/s1. The zero-order valence-electron chi connectivity index (χ0n) is 15.5. The van der Waals surface area contributed by atoms with E-state index in [2.05, 4.69) is 20.9 Å². The Hall–Kier alpha value is -2.33. The van der Waals surface area contributed by atoms with Crippen LogP contribution in [0, 0.1) is 0 Å². The first-order valence-corrected chi connectivity index (χ1v) is 8.82. The molecular weight excluding hydrogens is 350 g/mol. The fraction of sp³-hybridized carbons (Fsp3) is 0.500. The molecule has 146 valence electrons. The van der Waals surface area contributed by atoms with E-state index in [4.69, 9.17) is 9.47 Å². The second-order valence-electron chi connectivity index (χ2n) is 6.59. The lowest BCUT2D eigenvalue weighted by molar-refractivity contribution is -0.114. The number of ether oxygens (including phenoxy) is 2. The summed E-state index contributed by atoms with van der Waals surface area (Å²) in [5.74, 6) is -0.100. The number of carbonyl (C=O) groups is 1. The maximum absolute atomic E-state index is 11.1. The van der Waals surface area contributed by atoms with Crippen LogP contribution >= 0.6 is 0 Å². The van der Waals surface area contributed by atoms with Crippen LogP contribution in [-0.4, -0.2) is 58.0 Å². The number of amides is 1. The smallest absolute Gasteiger partial charge is 0.221 e. The number of nitrogens with zero attached hydrogens (tertiary/aromatic N) is 3. The third kappa shape index (κ3) is 5.33. The van der Waals surface area contributed by atoms with Crippen molar-refractivity contribution >= 4 is 11.6 Å². The number of benzene rings is 1. The summed E-state index contributed by atoms with van der Waals surface area (Å²) in [6.45, 7) is 3.24. The Kier molecular flexibility index (Phi) is 6.51. The Labute approximate surface area is 157 Å². The molecule has 0 bridgehead atoms. The fourth-order valence-electron chi connectivity index (χ4n) is 3.08. The highest BCUT2D eigenvalue weighted by Crippen LogP contribution is 2.18. The molecule has 1 aliphatic rings. The summed E-state index contributed by atoms with van der Waals surface area (Å²) in [5.41, 5.74) is 2.55. The number of hydrogen-bond donors (Lipinski definition) is 3. The van der Waals surface area contributed by atoms with Crippen LogP contribution in [0.5, 0.6) is 0 Å². The first kappa shape index (κ1) is 19.4. The molecule has 0 saturated carbocycles. The van der Waals surface area contributed by atoms with Crippen molar-refractivity contribution in [1.29, 1.82) is 0 Å². The Morgan fingerprint density at radius 2 is 2.19 bits per heavy atom. The molecular formula is C18H25N5O4. The van der Waals surface area contributed by atoms with E-state index in [1.165, 1.54) is 6.92 Å². The number of aliphatic hydroxyl groups excluding tert-OH is 1. The number of hydrogen-bond acceptors (Lipinski definition) is 7. The Bertz CT molecular complexity index is 748. The van der Waals surface area contributed by atoms with Gasteiger partial charge in [-0.15, -0.1) is 5.10 Å². The number of nitrogens with one attached hydrogen (secondary N) is 2. The van der Waals surface area contributed by atoms with Crippen LogP contribution in [0.4, 0.5) is 5.69 Å². The zero-order valence-corrected chi connectivity index (χ0v) is 15.5. The fourth-order valence-corrected chi connectivity index (χ4v) is 3.08. The molecule has 3 atom stereocenters. The topological polar surface area (TPSA) is 111 Å². The molecule has 9 heteroatoms. The zero-order chi connectivity index (χ0) is 19.2. The first-order chi connectivity index (χ1) is 13.0. The number of methoxy groups -OCH3 is 1. The highest BCUT2D eigenvalue weighted by molar-refractivity contribution is 5.88. The van der Waals surface area contributed by atoms with Crippen LogP contribution in [0.25, 0.3) is 0 Å². The van der Waals surface area contributed by atoms with Crippen LogP contribution in [-0.2, 0) is 34.0 Å². The van der Waals surface area contributed by atoms with Gasteiger partial charge in [-0.3, -0.25) is 4.79 Å². The van der Waals surface area contributed by atoms with Crippen molar-refractivity contribution in [2.45, 2.75) is 44.9 Å². The Morgan fingerprint density at radius 3 is 2.89 bits per heavy atom. The van der Waals surface area contributed by atoms with E-state index in [1.807, 2.05) is 30.5 Å². The number of carbonyl (C=O) groups excluding carboxylic acids is 1. The highest BCUT2D eigenvalue weighted by atomic mass is 16.5. The van der Waals surface area contributed by atoms with Crippen LogP contribution in [0.2, 0.25) is 0 Å². The van der Waals surface area contributed by atoms with Crippen molar-refractivity contribution in [1.82, 2.24) is 20.3 Å². The lowest BCUT2D eigenvalue weighted by Crippen LogP contribution is -2.45. The summed E-state index contributed by atoms with van der Waals surface area (Å²) >= 11 is 0. The average molecular weight is 375 g/mol. The summed E-state index contributed by atoms with van der Waals surface area (Å²) in [5, 5.41) is 24.5. The van der Waals surface area contributed by atoms with Crippen LogP contribution < -0.4 is 10.6 Å². The minimum atomic E-state index is -0.587. The molecule has 1 saturated heterocycles. The summed E-state index contributed by atoms with van der Waals surface area (Å²) in [4.78, 5) is 11.1. The average Bonchev–Trinajstić information content (AvgIpc) is 3.21. The van der Waals surface area contributed by atoms with Gasteiger partial charge < -0.3 is 25.2 Å². The summed E-state index contributed by atoms with van der Waals surface area (Å²) in [7, 11) is 1.61. The molecule has 9 nitrogen and oxygen atoms in total. The summed E-state index contributed by atoms with van der Waals surface area (Å²) < 4.78 is 12.5. The molecule has 1 aromatic carbocycles. The molecule has 1 amide bonds. The van der Waals surface area contributed by atoms with Gasteiger partial charge in [0.25, 0.3) is 0 Å². The number of rotatable bonds is 8. The van der Waals surface area contributed by atoms with Crippen molar-refractivity contribution < 1.29 is 19.4 Å². The van der Waals surface area contributed by atoms with E-state index in [0.29, 0.717) is 19.7 Å². The van der Waals surface area contributed by atoms with Crippen molar-refractivity contribution in [3.8, 4) is 0 Å². The van der Waals surface area contributed by atoms with E-state index >= 15 is 0 Å². The maximum Gasteiger partial charge on any atom is 0.221 e. The molecule has 1 fully saturated rings. The van der Waals surface area contributed by atoms with Crippen molar-refractivity contribution in [3.63, 3.8) is 0 Å². The molecule has 2 heterocycles. The van der Waals surface area contributed by atoms with Crippen molar-refractivity contribution in [2.24, 2.45) is 0 Å². The molecule has 0 radical (unpaired) electrons. The largest absolute Gasteiger partial charge is 0.389 e. The van der Waals surface area contributed by atoms with Gasteiger partial charge in [0.05, 0.1) is 44.2 Å². The van der Waals surface area contributed by atoms with E-state index in [9.17, 15) is 9.90 Å². The number of anilines is 1. The van der Waals surface area contributed by atoms with Gasteiger partial charge in [-0.25, -0.2) is 4.68 Å². The van der Waals surface area contributed by atoms with E-state index in [1.54, 1.807) is 11.8 Å². The molecule has 3 rings (SSSR count). The van der Waals surface area contributed by atoms with E-state index < -0.39 is 6.10 Å². The molecule has 0 unspecified atom stereocenters. The lowest BCUT2D eigenvalue weighted by atomic mass is 10.1. The number of aromatic nitrogens is 3. The van der Waals surface area contributed by atoms with Crippen LogP contribution in [0.3, 0.4) is 0 Å². The highest BCUT2D eigenvalue weighted by Gasteiger charge is 2.36. The predicted octanol–water partition coefficient (Wildman–Crippen LogP) is 0.301. The van der Waals surface area contributed by atoms with Crippen LogP contribution in [0.1, 0.15) is 18.2 Å². The quantitative estimate of drug-likeness (QED) is 0.609. The van der Waals surface area contributed by atoms with Gasteiger partial charge in [0.1, 0.15) is 5.69 Å². The van der Waals surface area contributed by atoms with Crippen molar-refractivity contribution in [2.75, 3.05) is 19.0 Å². The van der Waals surface area contributed by atoms with Gasteiger partial charge >= 0.3 is 0 Å². The van der Waals surface area contributed by atoms with Gasteiger partial charge in [-0.2, -0.15) is 0 Å². The van der Waals surface area contributed by atoms with E-state index in [0.717, 1.165) is 16.9 Å². The first-order valence-electron chi connectivity index (χ1n) is 8.82. The third-order valence-corrected chi connectivity index (χ3v) is 4.36. The van der Waals surface area contributed by atoms with E-state index in [-0.39, 0.29) is 24.7 Å². The maximum atomic E-state index is 11.1. The molecule has 3 N–H and O–H groups in total. The molecule has 27 heavy (non-hydrogen) atoms. The Balaban J connectivity index is 1.56. The predicted molar refractivity (Wildman–Crippen MR) is 97.9 cm³/mol. The summed E-state index contributed by atoms with van der Waals surface area (Å²) in [6.07, 6.45) is 1.02. The Morgan fingerprint density at radius 1 is 1.41 bits per heavy atom. The van der Waals surface area contributed by atoms with Gasteiger partial charge in [0, 0.05) is 26.3 Å². The SMILES string of the molecule is COCc1cn(C[C@H]2OC[C@H](O)[C@H]2NCc2ccc(NC(C)=O)cc2)nn1. The molecule has 2 aromatic rings. The molecule has 0 spiro atoms. The van der Waals surface area contributed by atoms with Crippen molar-refractivity contribution in [3.05, 3.63) is 41.7 Å². The molecule has 0 aliphatic carbocycles. The molecule has 1 aromatic heterocycles. The van der Waals surface area contributed by atoms with Gasteiger partial charge in [-0.1, -0.05) is 17.3 Å². The summed E-state index contributed by atoms with van der Waals surface area (Å²) in [6, 6.07) is 7.36. The monoisotopic (exact) mass is 375 g/mol. The minimum absolute atomic E-state index is 0.100. The molecule has 1 aliphatic heterocycles. The van der Waals surface area contributed by atoms with Gasteiger partial charge in [0.15, 0.2) is 0 Å².